The molecule has 1 rings (SSSR count). The van der Waals surface area contributed by atoms with Crippen LogP contribution in [0.15, 0.2) is 24.3 Å². The third-order valence-corrected chi connectivity index (χ3v) is 4.60. The Morgan fingerprint density at radius 3 is 1.95 bits per heavy atom. The van der Waals surface area contributed by atoms with Crippen molar-refractivity contribution in [1.82, 2.24) is 4.72 Å². The first kappa shape index (κ1) is 16.5. The zero-order valence-electron chi connectivity index (χ0n) is 13.0. The molecule has 0 spiro atoms. The minimum absolute atomic E-state index is 0.198. The van der Waals surface area contributed by atoms with Gasteiger partial charge >= 0.3 is 0 Å². The summed E-state index contributed by atoms with van der Waals surface area (Å²) in [5.74, 6) is 0. The van der Waals surface area contributed by atoms with Crippen molar-refractivity contribution in [2.45, 2.75) is 58.1 Å². The van der Waals surface area contributed by atoms with E-state index in [0.717, 1.165) is 13.0 Å². The molecule has 1 aromatic rings. The second kappa shape index (κ2) is 6.29. The van der Waals surface area contributed by atoms with Crippen molar-refractivity contribution < 1.29 is 4.55 Å². The number of rotatable bonds is 4. The smallest absolute Gasteiger partial charge is 0.136 e. The van der Waals surface area contributed by atoms with Crippen LogP contribution >= 0.6 is 0 Å². The van der Waals surface area contributed by atoms with Crippen molar-refractivity contribution in [3.05, 3.63) is 35.4 Å². The Hall–Kier alpha value is -0.510. The molecular formula is C16H27NOS. The lowest BCUT2D eigenvalue weighted by atomic mass is 9.86. The summed E-state index contributed by atoms with van der Waals surface area (Å²) < 4.78 is 14.7. The number of hydrogen-bond donors (Lipinski definition) is 1. The summed E-state index contributed by atoms with van der Waals surface area (Å²) in [4.78, 5) is 0. The molecular weight excluding hydrogens is 254 g/mol. The third kappa shape index (κ3) is 5.55. The van der Waals surface area contributed by atoms with E-state index in [4.69, 9.17) is 0 Å². The Kier molecular flexibility index (Phi) is 5.48. The summed E-state index contributed by atoms with van der Waals surface area (Å²) in [6.45, 7) is 13.3. The van der Waals surface area contributed by atoms with Crippen LogP contribution in [0.1, 0.15) is 52.7 Å². The molecule has 1 N–H and O–H groups in total. The van der Waals surface area contributed by atoms with Crippen LogP contribution in [0.2, 0.25) is 0 Å². The average Bonchev–Trinajstić information content (AvgIpc) is 2.27. The highest BCUT2D eigenvalue weighted by Gasteiger charge is 2.25. The molecule has 2 nitrogen and oxygen atoms in total. The second-order valence-electron chi connectivity index (χ2n) is 6.97. The highest BCUT2D eigenvalue weighted by molar-refractivity contribution is 7.90. The molecule has 0 saturated heterocycles. The van der Waals surface area contributed by atoms with E-state index in [2.05, 4.69) is 49.8 Å². The van der Waals surface area contributed by atoms with Gasteiger partial charge in [0.25, 0.3) is 0 Å². The molecule has 1 aromatic carbocycles. The molecule has 0 aliphatic rings. The Labute approximate surface area is 121 Å². The Morgan fingerprint density at radius 2 is 1.53 bits per heavy atom. The lowest BCUT2D eigenvalue weighted by Gasteiger charge is -2.23. The normalized spacial score (nSPS) is 14.5. The van der Waals surface area contributed by atoms with Crippen molar-refractivity contribution in [3.63, 3.8) is 0 Å². The molecule has 0 unspecified atom stereocenters. The Morgan fingerprint density at radius 1 is 1.00 bits per heavy atom. The van der Waals surface area contributed by atoms with Gasteiger partial charge in [0.1, 0.15) is 4.75 Å². The van der Waals surface area contributed by atoms with E-state index < -0.39 is 11.4 Å². The number of hydrogen-bond acceptors (Lipinski definition) is 2. The second-order valence-corrected chi connectivity index (χ2v) is 9.02. The molecule has 0 aromatic heterocycles. The monoisotopic (exact) mass is 281 g/mol. The summed E-state index contributed by atoms with van der Waals surface area (Å²) in [6, 6.07) is 8.72. The van der Waals surface area contributed by atoms with Gasteiger partial charge in [0.2, 0.25) is 0 Å². The quantitative estimate of drug-likeness (QED) is 0.856. The van der Waals surface area contributed by atoms with Gasteiger partial charge in [-0.05, 0) is 43.7 Å². The summed E-state index contributed by atoms with van der Waals surface area (Å²) in [6.07, 6.45) is 0.909. The minimum atomic E-state index is -0.979. The van der Waals surface area contributed by atoms with Crippen molar-refractivity contribution in [1.29, 1.82) is 0 Å². The van der Waals surface area contributed by atoms with Gasteiger partial charge in [-0.2, -0.15) is 0 Å². The van der Waals surface area contributed by atoms with Crippen LogP contribution in [0.3, 0.4) is 0 Å². The molecule has 1 atom stereocenters. The van der Waals surface area contributed by atoms with Gasteiger partial charge in [0.15, 0.2) is 0 Å². The predicted octanol–water partition coefficient (Wildman–Crippen LogP) is 3.58. The summed E-state index contributed by atoms with van der Waals surface area (Å²) in [7, 11) is 0. The van der Waals surface area contributed by atoms with Crippen LogP contribution in [-0.4, -0.2) is 15.8 Å². The summed E-state index contributed by atoms with van der Waals surface area (Å²) in [5, 5.41) is 0. The van der Waals surface area contributed by atoms with Crippen molar-refractivity contribution in [3.8, 4) is 0 Å². The molecule has 0 bridgehead atoms. The average molecular weight is 281 g/mol. The van der Waals surface area contributed by atoms with Gasteiger partial charge in [-0.15, -0.1) is 4.72 Å². The highest BCUT2D eigenvalue weighted by atomic mass is 32.2. The third-order valence-electron chi connectivity index (χ3n) is 3.02. The first-order chi connectivity index (χ1) is 8.60. The Balaban J connectivity index is 2.47. The fourth-order valence-electron chi connectivity index (χ4n) is 1.68. The van der Waals surface area contributed by atoms with E-state index >= 15 is 0 Å². The molecule has 19 heavy (non-hydrogen) atoms. The van der Waals surface area contributed by atoms with E-state index in [1.54, 1.807) is 0 Å². The van der Waals surface area contributed by atoms with E-state index in [1.165, 1.54) is 11.1 Å². The Bertz CT molecular complexity index is 387. The van der Waals surface area contributed by atoms with Crippen LogP contribution in [0.5, 0.6) is 0 Å². The largest absolute Gasteiger partial charge is 0.598 e. The van der Waals surface area contributed by atoms with Crippen LogP contribution in [0.4, 0.5) is 0 Å². The van der Waals surface area contributed by atoms with Crippen molar-refractivity contribution >= 4 is 11.4 Å². The molecule has 0 radical (unpaired) electrons. The van der Waals surface area contributed by atoms with E-state index in [0.29, 0.717) is 0 Å². The molecule has 0 amide bonds. The first-order valence-electron chi connectivity index (χ1n) is 6.85. The topological polar surface area (TPSA) is 35.1 Å². The number of nitrogens with one attached hydrogen (secondary N) is 1. The minimum Gasteiger partial charge on any atom is -0.598 e. The maximum atomic E-state index is 11.8. The van der Waals surface area contributed by atoms with Gasteiger partial charge < -0.3 is 4.55 Å². The lowest BCUT2D eigenvalue weighted by Crippen LogP contribution is -2.40. The van der Waals surface area contributed by atoms with Gasteiger partial charge in [-0.3, -0.25) is 0 Å². The maximum Gasteiger partial charge on any atom is 0.136 e. The molecule has 0 saturated carbocycles. The fraction of sp³-hybridized carbons (Fsp3) is 0.625. The van der Waals surface area contributed by atoms with Crippen LogP contribution < -0.4 is 4.72 Å². The molecule has 0 fully saturated rings. The van der Waals surface area contributed by atoms with Crippen molar-refractivity contribution in [2.75, 3.05) is 6.54 Å². The van der Waals surface area contributed by atoms with Crippen LogP contribution in [0, 0.1) is 0 Å². The molecule has 3 heteroatoms. The van der Waals surface area contributed by atoms with E-state index in [9.17, 15) is 4.55 Å². The zero-order chi connectivity index (χ0) is 14.7. The summed E-state index contributed by atoms with van der Waals surface area (Å²) >= 11 is -0.979. The zero-order valence-corrected chi connectivity index (χ0v) is 13.9. The predicted molar refractivity (Wildman–Crippen MR) is 84.7 cm³/mol. The van der Waals surface area contributed by atoms with Crippen molar-refractivity contribution in [2.24, 2.45) is 0 Å². The van der Waals surface area contributed by atoms with E-state index in [1.807, 2.05) is 20.8 Å². The first-order valence-corrected chi connectivity index (χ1v) is 8.00. The van der Waals surface area contributed by atoms with Gasteiger partial charge in [0, 0.05) is 17.9 Å². The molecule has 0 aliphatic heterocycles. The summed E-state index contributed by atoms with van der Waals surface area (Å²) in [5.41, 5.74) is 2.83. The standard InChI is InChI=1S/C16H27NOS/c1-15(2,3)14-9-7-13(8-10-14)11-12-17-19(18)16(4,5)6/h7-10,17H,11-12H2,1-6H3/t19-/m1/s1. The molecule has 0 aliphatic carbocycles. The van der Waals surface area contributed by atoms with Crippen LogP contribution in [-0.2, 0) is 23.2 Å². The lowest BCUT2D eigenvalue weighted by molar-refractivity contribution is 0.544. The fourth-order valence-corrected chi connectivity index (χ4v) is 2.40. The van der Waals surface area contributed by atoms with Crippen LogP contribution in [0.25, 0.3) is 0 Å². The molecule has 108 valence electrons. The van der Waals surface area contributed by atoms with Gasteiger partial charge in [-0.1, -0.05) is 45.0 Å². The SMILES string of the molecule is CC(C)(C)c1ccc(CCN[S@+]([O-])C(C)(C)C)cc1. The van der Waals surface area contributed by atoms with Gasteiger partial charge in [-0.25, -0.2) is 0 Å². The van der Waals surface area contributed by atoms with E-state index in [-0.39, 0.29) is 10.2 Å². The van der Waals surface area contributed by atoms with Gasteiger partial charge in [0.05, 0.1) is 0 Å². The maximum absolute atomic E-state index is 11.8. The number of benzene rings is 1. The highest BCUT2D eigenvalue weighted by Crippen LogP contribution is 2.22. The molecule has 0 heterocycles.